The van der Waals surface area contributed by atoms with Crippen LogP contribution in [0.1, 0.15) is 19.3 Å². The average molecular weight is 305 g/mol. The highest BCUT2D eigenvalue weighted by Crippen LogP contribution is 2.27. The first-order chi connectivity index (χ1) is 8.92. The fraction of sp³-hybridized carbons (Fsp3) is 0.500. The first-order valence-electron chi connectivity index (χ1n) is 6.02. The quantitative estimate of drug-likeness (QED) is 0.831. The van der Waals surface area contributed by atoms with Crippen LogP contribution in [0, 0.1) is 0 Å². The SMILES string of the molecule is COC1CCC(NS(=O)(=O)c2ccc(N)cc2Cl)C1. The maximum atomic E-state index is 12.2. The first-order valence-corrected chi connectivity index (χ1v) is 7.88. The van der Waals surface area contributed by atoms with Gasteiger partial charge < -0.3 is 10.5 Å². The number of nitrogens with one attached hydrogen (secondary N) is 1. The van der Waals surface area contributed by atoms with E-state index in [0.717, 1.165) is 12.8 Å². The number of methoxy groups -OCH3 is 1. The van der Waals surface area contributed by atoms with Crippen molar-refractivity contribution in [1.29, 1.82) is 0 Å². The van der Waals surface area contributed by atoms with Gasteiger partial charge in [-0.3, -0.25) is 0 Å². The molecule has 1 saturated carbocycles. The van der Waals surface area contributed by atoms with Crippen LogP contribution in [0.4, 0.5) is 5.69 Å². The summed E-state index contributed by atoms with van der Waals surface area (Å²) in [5, 5.41) is 0.133. The monoisotopic (exact) mass is 304 g/mol. The Hall–Kier alpha value is -0.820. The van der Waals surface area contributed by atoms with Crippen molar-refractivity contribution in [2.75, 3.05) is 12.8 Å². The van der Waals surface area contributed by atoms with Gasteiger partial charge in [-0.25, -0.2) is 13.1 Å². The second-order valence-electron chi connectivity index (χ2n) is 4.68. The number of hydrogen-bond donors (Lipinski definition) is 2. The van der Waals surface area contributed by atoms with E-state index in [1.807, 2.05) is 0 Å². The molecule has 5 nitrogen and oxygen atoms in total. The van der Waals surface area contributed by atoms with Crippen LogP contribution in [0.25, 0.3) is 0 Å². The topological polar surface area (TPSA) is 81.4 Å². The van der Waals surface area contributed by atoms with Gasteiger partial charge in [0, 0.05) is 18.8 Å². The molecule has 2 unspecified atom stereocenters. The van der Waals surface area contributed by atoms with Crippen LogP contribution in [0.5, 0.6) is 0 Å². The highest BCUT2D eigenvalue weighted by molar-refractivity contribution is 7.89. The summed E-state index contributed by atoms with van der Waals surface area (Å²) in [6.45, 7) is 0. The van der Waals surface area contributed by atoms with E-state index >= 15 is 0 Å². The van der Waals surface area contributed by atoms with Gasteiger partial charge in [-0.2, -0.15) is 0 Å². The highest BCUT2D eigenvalue weighted by Gasteiger charge is 2.29. The van der Waals surface area contributed by atoms with Crippen LogP contribution >= 0.6 is 11.6 Å². The van der Waals surface area contributed by atoms with Gasteiger partial charge in [0.1, 0.15) is 4.90 Å². The predicted molar refractivity (Wildman–Crippen MR) is 74.6 cm³/mol. The molecule has 0 spiro atoms. The predicted octanol–water partition coefficient (Wildman–Crippen LogP) is 1.77. The Balaban J connectivity index is 2.14. The van der Waals surface area contributed by atoms with E-state index in [9.17, 15) is 8.42 Å². The zero-order valence-corrected chi connectivity index (χ0v) is 12.2. The molecule has 3 N–H and O–H groups in total. The van der Waals surface area contributed by atoms with E-state index in [1.165, 1.54) is 18.2 Å². The largest absolute Gasteiger partial charge is 0.399 e. The lowest BCUT2D eigenvalue weighted by atomic mass is 10.3. The lowest BCUT2D eigenvalue weighted by Gasteiger charge is -2.14. The molecule has 2 rings (SSSR count). The molecule has 1 aliphatic rings. The number of rotatable bonds is 4. The zero-order chi connectivity index (χ0) is 14.0. The third-order valence-electron chi connectivity index (χ3n) is 3.29. The minimum atomic E-state index is -3.62. The number of halogens is 1. The third-order valence-corrected chi connectivity index (χ3v) is 5.29. The molecule has 0 aromatic heterocycles. The molecular weight excluding hydrogens is 288 g/mol. The Morgan fingerprint density at radius 1 is 1.42 bits per heavy atom. The summed E-state index contributed by atoms with van der Waals surface area (Å²) in [4.78, 5) is 0.0595. The van der Waals surface area contributed by atoms with Crippen LogP contribution in [-0.4, -0.2) is 27.7 Å². The molecule has 1 fully saturated rings. The summed E-state index contributed by atoms with van der Waals surface area (Å²) in [6.07, 6.45) is 2.43. The normalized spacial score (nSPS) is 23.7. The molecule has 0 radical (unpaired) electrons. The summed E-state index contributed by atoms with van der Waals surface area (Å²) < 4.78 is 32.4. The maximum Gasteiger partial charge on any atom is 0.242 e. The molecule has 0 bridgehead atoms. The molecule has 7 heteroatoms. The molecule has 106 valence electrons. The van der Waals surface area contributed by atoms with Crippen LogP contribution in [0.15, 0.2) is 23.1 Å². The Bertz CT molecular complexity index is 562. The lowest BCUT2D eigenvalue weighted by Crippen LogP contribution is -2.33. The second kappa shape index (κ2) is 5.66. The lowest BCUT2D eigenvalue weighted by molar-refractivity contribution is 0.107. The number of anilines is 1. The fourth-order valence-corrected chi connectivity index (χ4v) is 4.12. The van der Waals surface area contributed by atoms with Gasteiger partial charge in [0.2, 0.25) is 10.0 Å². The third kappa shape index (κ3) is 3.39. The van der Waals surface area contributed by atoms with Gasteiger partial charge in [0.15, 0.2) is 0 Å². The Labute approximate surface area is 118 Å². The van der Waals surface area contributed by atoms with Gasteiger partial charge in [-0.05, 0) is 37.5 Å². The highest BCUT2D eigenvalue weighted by atomic mass is 35.5. The van der Waals surface area contributed by atoms with Crippen LogP contribution in [0.2, 0.25) is 5.02 Å². The molecule has 0 heterocycles. The van der Waals surface area contributed by atoms with Crippen molar-refractivity contribution < 1.29 is 13.2 Å². The van der Waals surface area contributed by atoms with Gasteiger partial charge in [-0.15, -0.1) is 0 Å². The molecule has 0 amide bonds. The maximum absolute atomic E-state index is 12.2. The van der Waals surface area contributed by atoms with Crippen molar-refractivity contribution in [3.63, 3.8) is 0 Å². The number of hydrogen-bond acceptors (Lipinski definition) is 4. The van der Waals surface area contributed by atoms with Crippen LogP contribution < -0.4 is 10.5 Å². The van der Waals surface area contributed by atoms with Crippen molar-refractivity contribution in [3.05, 3.63) is 23.2 Å². The zero-order valence-electron chi connectivity index (χ0n) is 10.6. The summed E-state index contributed by atoms with van der Waals surface area (Å²) >= 11 is 5.93. The number of nitrogen functional groups attached to an aromatic ring is 1. The Morgan fingerprint density at radius 3 is 2.74 bits per heavy atom. The van der Waals surface area contributed by atoms with E-state index in [4.69, 9.17) is 22.1 Å². The average Bonchev–Trinajstić information content (AvgIpc) is 2.75. The van der Waals surface area contributed by atoms with Crippen molar-refractivity contribution in [3.8, 4) is 0 Å². The van der Waals surface area contributed by atoms with Gasteiger partial charge >= 0.3 is 0 Å². The molecule has 2 atom stereocenters. The van der Waals surface area contributed by atoms with E-state index in [2.05, 4.69) is 4.72 Å². The number of ether oxygens (including phenoxy) is 1. The summed E-state index contributed by atoms with van der Waals surface area (Å²) in [6, 6.07) is 4.27. The van der Waals surface area contributed by atoms with Crippen molar-refractivity contribution in [2.24, 2.45) is 0 Å². The summed E-state index contributed by atoms with van der Waals surface area (Å²) in [5.74, 6) is 0. The van der Waals surface area contributed by atoms with E-state index < -0.39 is 10.0 Å². The minimum Gasteiger partial charge on any atom is -0.399 e. The Morgan fingerprint density at radius 2 is 2.16 bits per heavy atom. The summed E-state index contributed by atoms with van der Waals surface area (Å²) in [7, 11) is -1.98. The van der Waals surface area contributed by atoms with Gasteiger partial charge in [0.05, 0.1) is 11.1 Å². The van der Waals surface area contributed by atoms with E-state index in [1.54, 1.807) is 7.11 Å². The fourth-order valence-electron chi connectivity index (χ4n) is 2.28. The van der Waals surface area contributed by atoms with E-state index in [-0.39, 0.29) is 22.1 Å². The van der Waals surface area contributed by atoms with E-state index in [0.29, 0.717) is 12.1 Å². The first kappa shape index (κ1) is 14.6. The van der Waals surface area contributed by atoms with Crippen LogP contribution in [-0.2, 0) is 14.8 Å². The molecule has 1 aliphatic carbocycles. The molecule has 19 heavy (non-hydrogen) atoms. The number of nitrogens with two attached hydrogens (primary N) is 1. The molecule has 0 saturated heterocycles. The smallest absolute Gasteiger partial charge is 0.242 e. The van der Waals surface area contributed by atoms with Crippen LogP contribution in [0.3, 0.4) is 0 Å². The second-order valence-corrected chi connectivity index (χ2v) is 6.77. The van der Waals surface area contributed by atoms with Crippen molar-refractivity contribution >= 4 is 27.3 Å². The van der Waals surface area contributed by atoms with Gasteiger partial charge in [0.25, 0.3) is 0 Å². The standard InChI is InChI=1S/C12H17ClN2O3S/c1-18-10-4-3-9(7-10)15-19(16,17)12-5-2-8(14)6-11(12)13/h2,5-6,9-10,15H,3-4,7,14H2,1H3. The molecule has 1 aromatic carbocycles. The summed E-state index contributed by atoms with van der Waals surface area (Å²) in [5.41, 5.74) is 5.99. The number of benzene rings is 1. The van der Waals surface area contributed by atoms with Crippen molar-refractivity contribution in [1.82, 2.24) is 4.72 Å². The minimum absolute atomic E-state index is 0.0595. The molecule has 0 aliphatic heterocycles. The Kier molecular flexibility index (Phi) is 4.35. The molecule has 1 aromatic rings. The molecular formula is C12H17ClN2O3S. The number of sulfonamides is 1. The van der Waals surface area contributed by atoms with Crippen molar-refractivity contribution in [2.45, 2.75) is 36.3 Å². The van der Waals surface area contributed by atoms with Gasteiger partial charge in [-0.1, -0.05) is 11.6 Å².